The Hall–Kier alpha value is -3.10. The van der Waals surface area contributed by atoms with E-state index in [1.165, 1.54) is 41.7 Å². The summed E-state index contributed by atoms with van der Waals surface area (Å²) >= 11 is 5.67. The number of hydrogen-bond acceptors (Lipinski definition) is 4. The first-order chi connectivity index (χ1) is 14.8. The van der Waals surface area contributed by atoms with Gasteiger partial charge in [-0.05, 0) is 54.4 Å². The monoisotopic (exact) mass is 460 g/mol. The minimum absolute atomic E-state index is 0.00594. The zero-order chi connectivity index (χ0) is 22.2. The Labute approximate surface area is 184 Å². The number of fused-ring (bicyclic) bond motifs is 1. The third kappa shape index (κ3) is 3.96. The molecule has 0 radical (unpaired) electrons. The molecule has 0 spiro atoms. The molecule has 31 heavy (non-hydrogen) atoms. The van der Waals surface area contributed by atoms with Gasteiger partial charge in [-0.2, -0.15) is 0 Å². The summed E-state index contributed by atoms with van der Waals surface area (Å²) < 4.78 is 46.9. The van der Waals surface area contributed by atoms with Gasteiger partial charge < -0.3 is 10.1 Å². The normalized spacial score (nSPS) is 13.1. The minimum atomic E-state index is -3.90. The van der Waals surface area contributed by atoms with E-state index < -0.39 is 21.7 Å². The largest absolute Gasteiger partial charge is 0.496 e. The number of anilines is 2. The number of carbonyl (C=O) groups is 1. The number of amides is 1. The molecule has 4 rings (SSSR count). The molecule has 160 valence electrons. The highest BCUT2D eigenvalue weighted by molar-refractivity contribution is 7.92. The molecule has 1 amide bonds. The van der Waals surface area contributed by atoms with Gasteiger partial charge in [-0.3, -0.25) is 9.10 Å². The Morgan fingerprint density at radius 1 is 1.13 bits per heavy atom. The maximum absolute atomic E-state index is 13.7. The summed E-state index contributed by atoms with van der Waals surface area (Å²) in [5.74, 6) is -1.14. The topological polar surface area (TPSA) is 75.7 Å². The molecule has 0 bridgehead atoms. The molecule has 1 N–H and O–H groups in total. The molecule has 0 saturated carbocycles. The SMILES string of the molecule is COc1ccc(S(=O)(=O)N2CCc3ccccc32)cc1C(=O)Nc1ccc(Cl)c(F)c1. The molecule has 0 unspecified atom stereocenters. The van der Waals surface area contributed by atoms with Gasteiger partial charge in [-0.15, -0.1) is 0 Å². The molecular formula is C22H18ClFN2O4S. The summed E-state index contributed by atoms with van der Waals surface area (Å²) in [7, 11) is -2.52. The van der Waals surface area contributed by atoms with Crippen molar-refractivity contribution in [2.24, 2.45) is 0 Å². The van der Waals surface area contributed by atoms with Crippen molar-refractivity contribution in [2.75, 3.05) is 23.3 Å². The smallest absolute Gasteiger partial charge is 0.264 e. The highest BCUT2D eigenvalue weighted by Crippen LogP contribution is 2.34. The van der Waals surface area contributed by atoms with Crippen molar-refractivity contribution >= 4 is 38.9 Å². The first-order valence-electron chi connectivity index (χ1n) is 9.36. The van der Waals surface area contributed by atoms with Gasteiger partial charge in [-0.25, -0.2) is 12.8 Å². The van der Waals surface area contributed by atoms with Crippen LogP contribution in [0.3, 0.4) is 0 Å². The summed E-state index contributed by atoms with van der Waals surface area (Å²) in [6.45, 7) is 0.319. The zero-order valence-electron chi connectivity index (χ0n) is 16.4. The summed E-state index contributed by atoms with van der Waals surface area (Å²) in [6.07, 6.45) is 0.612. The Morgan fingerprint density at radius 2 is 1.90 bits per heavy atom. The van der Waals surface area contributed by atoms with Crippen molar-refractivity contribution in [3.8, 4) is 5.75 Å². The van der Waals surface area contributed by atoms with E-state index >= 15 is 0 Å². The number of rotatable bonds is 5. The molecule has 0 aromatic heterocycles. The molecule has 6 nitrogen and oxygen atoms in total. The third-order valence-corrected chi connectivity index (χ3v) is 7.14. The van der Waals surface area contributed by atoms with Crippen LogP contribution in [0.1, 0.15) is 15.9 Å². The van der Waals surface area contributed by atoms with Crippen LogP contribution in [0.5, 0.6) is 5.75 Å². The van der Waals surface area contributed by atoms with Gasteiger partial charge in [0.05, 0.1) is 28.3 Å². The number of methoxy groups -OCH3 is 1. The number of hydrogen-bond donors (Lipinski definition) is 1. The Kier molecular flexibility index (Phi) is 5.60. The van der Waals surface area contributed by atoms with Gasteiger partial charge in [0.15, 0.2) is 0 Å². The van der Waals surface area contributed by atoms with Crippen molar-refractivity contribution in [2.45, 2.75) is 11.3 Å². The molecule has 0 atom stereocenters. The number of ether oxygens (including phenoxy) is 1. The second-order valence-corrected chi connectivity index (χ2v) is 9.17. The lowest BCUT2D eigenvalue weighted by Gasteiger charge is -2.20. The van der Waals surface area contributed by atoms with E-state index in [2.05, 4.69) is 5.32 Å². The second kappa shape index (κ2) is 8.20. The Bertz CT molecular complexity index is 1280. The lowest BCUT2D eigenvalue weighted by Crippen LogP contribution is -2.29. The molecule has 0 fully saturated rings. The molecule has 0 saturated heterocycles. The average Bonchev–Trinajstić information content (AvgIpc) is 3.21. The Balaban J connectivity index is 1.69. The zero-order valence-corrected chi connectivity index (χ0v) is 18.0. The number of carbonyl (C=O) groups excluding carboxylic acids is 1. The quantitative estimate of drug-likeness (QED) is 0.608. The highest BCUT2D eigenvalue weighted by Gasteiger charge is 2.31. The molecular weight excluding hydrogens is 443 g/mol. The van der Waals surface area contributed by atoms with Crippen LogP contribution in [-0.2, 0) is 16.4 Å². The van der Waals surface area contributed by atoms with Crippen LogP contribution in [0.25, 0.3) is 0 Å². The standard InChI is InChI=1S/C22H18ClFN2O4S/c1-30-21-9-7-16(31(28,29)26-11-10-14-4-2-3-5-20(14)26)13-17(21)22(27)25-15-6-8-18(23)19(24)12-15/h2-9,12-13H,10-11H2,1H3,(H,25,27). The maximum atomic E-state index is 13.7. The number of nitrogens with zero attached hydrogens (tertiary/aromatic N) is 1. The molecule has 1 heterocycles. The molecule has 1 aliphatic heterocycles. The summed E-state index contributed by atoms with van der Waals surface area (Å²) in [4.78, 5) is 12.8. The van der Waals surface area contributed by atoms with Crippen molar-refractivity contribution in [3.05, 3.63) is 82.6 Å². The van der Waals surface area contributed by atoms with E-state index in [1.807, 2.05) is 12.1 Å². The van der Waals surface area contributed by atoms with Crippen LogP contribution in [0.2, 0.25) is 5.02 Å². The lowest BCUT2D eigenvalue weighted by atomic mass is 10.2. The number of para-hydroxylation sites is 1. The van der Waals surface area contributed by atoms with Crippen LogP contribution in [0, 0.1) is 5.82 Å². The minimum Gasteiger partial charge on any atom is -0.496 e. The molecule has 1 aliphatic rings. The number of nitrogens with one attached hydrogen (secondary N) is 1. The fraction of sp³-hybridized carbons (Fsp3) is 0.136. The molecule has 0 aliphatic carbocycles. The number of sulfonamides is 1. The average molecular weight is 461 g/mol. The van der Waals surface area contributed by atoms with E-state index in [-0.39, 0.29) is 26.9 Å². The Morgan fingerprint density at radius 3 is 2.65 bits per heavy atom. The fourth-order valence-electron chi connectivity index (χ4n) is 3.48. The maximum Gasteiger partial charge on any atom is 0.264 e. The summed E-state index contributed by atoms with van der Waals surface area (Å²) in [6, 6.07) is 15.2. The van der Waals surface area contributed by atoms with Gasteiger partial charge >= 0.3 is 0 Å². The van der Waals surface area contributed by atoms with Crippen molar-refractivity contribution in [1.29, 1.82) is 0 Å². The predicted molar refractivity (Wildman–Crippen MR) is 117 cm³/mol. The number of benzene rings is 3. The van der Waals surface area contributed by atoms with E-state index in [4.69, 9.17) is 16.3 Å². The van der Waals surface area contributed by atoms with Gasteiger partial charge in [0.1, 0.15) is 11.6 Å². The van der Waals surface area contributed by atoms with Crippen molar-refractivity contribution in [3.63, 3.8) is 0 Å². The first kappa shape index (κ1) is 21.1. The summed E-state index contributed by atoms with van der Waals surface area (Å²) in [5, 5.41) is 2.46. The van der Waals surface area contributed by atoms with Gasteiger partial charge in [0.25, 0.3) is 15.9 Å². The van der Waals surface area contributed by atoms with Crippen LogP contribution in [0.15, 0.2) is 65.6 Å². The van der Waals surface area contributed by atoms with Gasteiger partial charge in [0.2, 0.25) is 0 Å². The van der Waals surface area contributed by atoms with E-state index in [0.717, 1.165) is 11.6 Å². The predicted octanol–water partition coefficient (Wildman–Crippen LogP) is 4.49. The molecule has 3 aromatic rings. The second-order valence-electron chi connectivity index (χ2n) is 6.90. The lowest BCUT2D eigenvalue weighted by molar-refractivity contribution is 0.102. The van der Waals surface area contributed by atoms with E-state index in [0.29, 0.717) is 18.7 Å². The summed E-state index contributed by atoms with van der Waals surface area (Å²) in [5.41, 5.74) is 1.75. The number of halogens is 2. The van der Waals surface area contributed by atoms with Crippen molar-refractivity contribution in [1.82, 2.24) is 0 Å². The highest BCUT2D eigenvalue weighted by atomic mass is 35.5. The van der Waals surface area contributed by atoms with E-state index in [9.17, 15) is 17.6 Å². The fourth-order valence-corrected chi connectivity index (χ4v) is 5.13. The van der Waals surface area contributed by atoms with Crippen LogP contribution >= 0.6 is 11.6 Å². The first-order valence-corrected chi connectivity index (χ1v) is 11.2. The van der Waals surface area contributed by atoms with Crippen molar-refractivity contribution < 1.29 is 22.3 Å². The van der Waals surface area contributed by atoms with Gasteiger partial charge in [0, 0.05) is 12.2 Å². The van der Waals surface area contributed by atoms with Gasteiger partial charge in [-0.1, -0.05) is 29.8 Å². The molecule has 3 aromatic carbocycles. The van der Waals surface area contributed by atoms with Crippen LogP contribution in [-0.4, -0.2) is 28.0 Å². The molecule has 9 heteroatoms. The van der Waals surface area contributed by atoms with Crippen LogP contribution < -0.4 is 14.4 Å². The van der Waals surface area contributed by atoms with E-state index in [1.54, 1.807) is 12.1 Å². The third-order valence-electron chi connectivity index (χ3n) is 5.03. The van der Waals surface area contributed by atoms with Crippen LogP contribution in [0.4, 0.5) is 15.8 Å².